The smallest absolute Gasteiger partial charge is 0.258 e. The lowest BCUT2D eigenvalue weighted by atomic mass is 10.1. The second-order valence-corrected chi connectivity index (χ2v) is 5.26. The van der Waals surface area contributed by atoms with Gasteiger partial charge in [0, 0.05) is 22.8 Å². The molecule has 1 aromatic heterocycles. The first-order valence-corrected chi connectivity index (χ1v) is 6.82. The molecular weight excluding hydrogens is 295 g/mol. The molecule has 21 heavy (non-hydrogen) atoms. The van der Waals surface area contributed by atoms with Gasteiger partial charge < -0.3 is 9.64 Å². The van der Waals surface area contributed by atoms with Crippen molar-refractivity contribution < 1.29 is 13.9 Å². The van der Waals surface area contributed by atoms with Crippen LogP contribution in [0, 0.1) is 5.95 Å². The summed E-state index contributed by atoms with van der Waals surface area (Å²) in [6.45, 7) is 2.24. The van der Waals surface area contributed by atoms with Crippen molar-refractivity contribution in [2.75, 3.05) is 11.4 Å². The molecule has 4 nitrogen and oxygen atoms in total. The highest BCUT2D eigenvalue weighted by Crippen LogP contribution is 2.36. The number of fused-ring (bicyclic) bond motifs is 1. The number of rotatable bonds is 1. The molecule has 0 spiro atoms. The van der Waals surface area contributed by atoms with Gasteiger partial charge in [-0.05, 0) is 31.2 Å². The molecule has 1 amide bonds. The average molecular weight is 307 g/mol. The van der Waals surface area contributed by atoms with Crippen LogP contribution >= 0.6 is 11.6 Å². The van der Waals surface area contributed by atoms with E-state index >= 15 is 0 Å². The third-order valence-corrected chi connectivity index (χ3v) is 3.43. The largest absolute Gasteiger partial charge is 0.487 e. The summed E-state index contributed by atoms with van der Waals surface area (Å²) in [7, 11) is 0. The normalized spacial score (nSPS) is 17.1. The van der Waals surface area contributed by atoms with E-state index in [4.69, 9.17) is 16.3 Å². The van der Waals surface area contributed by atoms with Gasteiger partial charge in [0.15, 0.2) is 0 Å². The van der Waals surface area contributed by atoms with Crippen molar-refractivity contribution in [1.82, 2.24) is 4.98 Å². The number of anilines is 1. The molecule has 3 rings (SSSR count). The molecule has 1 aliphatic heterocycles. The van der Waals surface area contributed by atoms with Crippen LogP contribution in [-0.2, 0) is 0 Å². The van der Waals surface area contributed by atoms with Gasteiger partial charge in [0.25, 0.3) is 5.91 Å². The van der Waals surface area contributed by atoms with E-state index in [9.17, 15) is 9.18 Å². The molecule has 2 heterocycles. The van der Waals surface area contributed by atoms with Crippen molar-refractivity contribution in [3.05, 3.63) is 53.1 Å². The minimum atomic E-state index is -0.687. The van der Waals surface area contributed by atoms with E-state index in [2.05, 4.69) is 4.98 Å². The summed E-state index contributed by atoms with van der Waals surface area (Å²) in [4.78, 5) is 17.6. The number of carbonyl (C=O) groups excluding carboxylic acids is 1. The maximum absolute atomic E-state index is 13.2. The Morgan fingerprint density at radius 3 is 3.00 bits per heavy atom. The molecule has 108 valence electrons. The van der Waals surface area contributed by atoms with Crippen LogP contribution in [0.5, 0.6) is 5.75 Å². The molecule has 1 aromatic carbocycles. The number of benzene rings is 1. The lowest BCUT2D eigenvalue weighted by molar-refractivity contribution is 0.0960. The van der Waals surface area contributed by atoms with Crippen molar-refractivity contribution in [3.63, 3.8) is 0 Å². The number of nitrogens with zero attached hydrogens (tertiary/aromatic N) is 2. The molecule has 0 radical (unpaired) electrons. The number of halogens is 2. The molecular formula is C15H12ClFN2O2. The summed E-state index contributed by atoms with van der Waals surface area (Å²) in [6, 6.07) is 7.69. The first-order valence-electron chi connectivity index (χ1n) is 6.44. The Kier molecular flexibility index (Phi) is 3.51. The fourth-order valence-corrected chi connectivity index (χ4v) is 2.46. The van der Waals surface area contributed by atoms with Crippen molar-refractivity contribution in [3.8, 4) is 5.75 Å². The van der Waals surface area contributed by atoms with Crippen molar-refractivity contribution in [2.45, 2.75) is 13.0 Å². The number of aromatic nitrogens is 1. The highest BCUT2D eigenvalue weighted by Gasteiger charge is 2.28. The lowest BCUT2D eigenvalue weighted by Gasteiger charge is -2.33. The highest BCUT2D eigenvalue weighted by atomic mass is 35.5. The number of amides is 1. The zero-order valence-corrected chi connectivity index (χ0v) is 12.0. The predicted molar refractivity (Wildman–Crippen MR) is 77.4 cm³/mol. The summed E-state index contributed by atoms with van der Waals surface area (Å²) in [5.41, 5.74) is 0.824. The van der Waals surface area contributed by atoms with Crippen molar-refractivity contribution >= 4 is 23.2 Å². The van der Waals surface area contributed by atoms with Crippen molar-refractivity contribution in [2.24, 2.45) is 0 Å². The van der Waals surface area contributed by atoms with Crippen LogP contribution in [0.25, 0.3) is 0 Å². The van der Waals surface area contributed by atoms with E-state index in [1.165, 1.54) is 12.3 Å². The molecule has 0 N–H and O–H groups in total. The maximum Gasteiger partial charge on any atom is 0.258 e. The first kappa shape index (κ1) is 13.8. The molecule has 2 aromatic rings. The van der Waals surface area contributed by atoms with Gasteiger partial charge in [-0.15, -0.1) is 0 Å². The lowest BCUT2D eigenvalue weighted by Crippen LogP contribution is -2.42. The van der Waals surface area contributed by atoms with Gasteiger partial charge in [0.05, 0.1) is 12.2 Å². The zero-order chi connectivity index (χ0) is 15.0. The summed E-state index contributed by atoms with van der Waals surface area (Å²) < 4.78 is 18.9. The molecule has 0 aliphatic carbocycles. The molecule has 0 bridgehead atoms. The fourth-order valence-electron chi connectivity index (χ4n) is 2.29. The van der Waals surface area contributed by atoms with Gasteiger partial charge in [-0.25, -0.2) is 4.98 Å². The molecule has 1 unspecified atom stereocenters. The quantitative estimate of drug-likeness (QED) is 0.759. The summed E-state index contributed by atoms with van der Waals surface area (Å²) in [5.74, 6) is -0.413. The molecule has 0 saturated carbocycles. The predicted octanol–water partition coefficient (Wildman–Crippen LogP) is 3.30. The first-order chi connectivity index (χ1) is 10.0. The summed E-state index contributed by atoms with van der Waals surface area (Å²) in [6.07, 6.45) is 1.11. The van der Waals surface area contributed by atoms with E-state index in [0.29, 0.717) is 23.0 Å². The summed E-state index contributed by atoms with van der Waals surface area (Å²) in [5, 5.41) is 0.505. The van der Waals surface area contributed by atoms with E-state index < -0.39 is 5.95 Å². The van der Waals surface area contributed by atoms with Gasteiger partial charge in [-0.2, -0.15) is 4.39 Å². The van der Waals surface area contributed by atoms with Gasteiger partial charge in [-0.3, -0.25) is 4.79 Å². The number of pyridine rings is 1. The van der Waals surface area contributed by atoms with E-state index in [0.717, 1.165) is 6.07 Å². The molecule has 1 atom stereocenters. The van der Waals surface area contributed by atoms with Gasteiger partial charge in [0.2, 0.25) is 5.95 Å². The second kappa shape index (κ2) is 5.33. The number of hydrogen-bond acceptors (Lipinski definition) is 3. The Labute approximate surface area is 126 Å². The average Bonchev–Trinajstić information content (AvgIpc) is 2.46. The Hall–Kier alpha value is -2.14. The minimum absolute atomic E-state index is 0.158. The van der Waals surface area contributed by atoms with Gasteiger partial charge in [-0.1, -0.05) is 11.6 Å². The van der Waals surface area contributed by atoms with E-state index in [1.54, 1.807) is 23.1 Å². The third-order valence-electron chi connectivity index (χ3n) is 3.20. The van der Waals surface area contributed by atoms with Crippen LogP contribution in [0.1, 0.15) is 17.3 Å². The van der Waals surface area contributed by atoms with Crippen LogP contribution in [0.15, 0.2) is 36.5 Å². The monoisotopic (exact) mass is 306 g/mol. The molecule has 6 heteroatoms. The van der Waals surface area contributed by atoms with Gasteiger partial charge in [0.1, 0.15) is 11.9 Å². The zero-order valence-electron chi connectivity index (χ0n) is 11.2. The maximum atomic E-state index is 13.2. The molecule has 1 aliphatic rings. The van der Waals surface area contributed by atoms with Crippen LogP contribution in [0.3, 0.4) is 0 Å². The Morgan fingerprint density at radius 2 is 2.24 bits per heavy atom. The number of hydrogen-bond donors (Lipinski definition) is 0. The van der Waals surface area contributed by atoms with Crippen LogP contribution in [0.2, 0.25) is 5.02 Å². The van der Waals surface area contributed by atoms with E-state index in [-0.39, 0.29) is 17.6 Å². The number of ether oxygens (including phenoxy) is 1. The fraction of sp³-hybridized carbons (Fsp3) is 0.200. The second-order valence-electron chi connectivity index (χ2n) is 4.82. The number of carbonyl (C=O) groups is 1. The Balaban J connectivity index is 2.02. The van der Waals surface area contributed by atoms with Crippen LogP contribution in [-0.4, -0.2) is 23.5 Å². The summed E-state index contributed by atoms with van der Waals surface area (Å²) >= 11 is 5.99. The highest BCUT2D eigenvalue weighted by molar-refractivity contribution is 6.31. The minimum Gasteiger partial charge on any atom is -0.487 e. The Bertz CT molecular complexity index is 708. The standard InChI is InChI=1S/C15H12ClFN2O2/c1-9-8-19(12-7-11(16)2-3-13(12)21-9)15(20)10-4-5-18-14(17)6-10/h2-7,9H,8H2,1H3. The SMILES string of the molecule is CC1CN(C(=O)c2ccnc(F)c2)c2cc(Cl)ccc2O1. The molecule has 0 saturated heterocycles. The van der Waals surface area contributed by atoms with Crippen LogP contribution in [0.4, 0.5) is 10.1 Å². The van der Waals surface area contributed by atoms with Crippen molar-refractivity contribution in [1.29, 1.82) is 0 Å². The Morgan fingerprint density at radius 1 is 1.43 bits per heavy atom. The van der Waals surface area contributed by atoms with Crippen LogP contribution < -0.4 is 9.64 Å². The topological polar surface area (TPSA) is 42.4 Å². The van der Waals surface area contributed by atoms with E-state index in [1.807, 2.05) is 6.92 Å². The van der Waals surface area contributed by atoms with Gasteiger partial charge >= 0.3 is 0 Å². The third kappa shape index (κ3) is 2.69. The molecule has 0 fully saturated rings.